The van der Waals surface area contributed by atoms with Crippen LogP contribution in [0.1, 0.15) is 35.7 Å². The summed E-state index contributed by atoms with van der Waals surface area (Å²) in [5.74, 6) is -3.90. The molecule has 0 saturated carbocycles. The molecule has 2 aromatic carbocycles. The minimum Gasteiger partial charge on any atom is -0.489 e. The smallest absolute Gasteiger partial charge is 0.489 e. The molecule has 8 nitrogen and oxygen atoms in total. The second-order valence-electron chi connectivity index (χ2n) is 9.74. The van der Waals surface area contributed by atoms with E-state index in [1.54, 1.807) is 6.20 Å². The Morgan fingerprint density at radius 2 is 1.74 bits per heavy atom. The van der Waals surface area contributed by atoms with Gasteiger partial charge in [0.1, 0.15) is 18.2 Å². The number of aromatic nitrogens is 2. The Hall–Kier alpha value is -4.27. The number of rotatable bonds is 8. The zero-order valence-electron chi connectivity index (χ0n) is 22.5. The number of aliphatic carboxylic acids is 2. The van der Waals surface area contributed by atoms with Crippen LogP contribution in [0.3, 0.4) is 0 Å². The van der Waals surface area contributed by atoms with Gasteiger partial charge in [0.05, 0.1) is 16.8 Å². The Kier molecular flexibility index (Phi) is 10.7. The van der Waals surface area contributed by atoms with Crippen molar-refractivity contribution < 1.29 is 55.3 Å². The van der Waals surface area contributed by atoms with Gasteiger partial charge in [-0.05, 0) is 24.1 Å². The zero-order valence-corrected chi connectivity index (χ0v) is 22.5. The maximum Gasteiger partial charge on any atom is 0.490 e. The number of fused-ring (bicyclic) bond motifs is 1. The van der Waals surface area contributed by atoms with Gasteiger partial charge in [-0.3, -0.25) is 9.69 Å². The lowest BCUT2D eigenvalue weighted by molar-refractivity contribution is -0.192. The predicted octanol–water partition coefficient (Wildman–Crippen LogP) is 5.98. The van der Waals surface area contributed by atoms with Crippen LogP contribution >= 0.6 is 0 Å². The van der Waals surface area contributed by atoms with E-state index >= 15 is 0 Å². The number of benzene rings is 2. The van der Waals surface area contributed by atoms with Gasteiger partial charge in [0.15, 0.2) is 5.82 Å². The van der Waals surface area contributed by atoms with E-state index in [0.717, 1.165) is 23.4 Å². The molecule has 1 atom stereocenters. The van der Waals surface area contributed by atoms with Crippen LogP contribution in [0.4, 0.5) is 30.7 Å². The van der Waals surface area contributed by atoms with Crippen molar-refractivity contribution in [3.8, 4) is 17.1 Å². The first-order valence-electron chi connectivity index (χ1n) is 12.7. The Bertz CT molecular complexity index is 1450. The van der Waals surface area contributed by atoms with E-state index in [2.05, 4.69) is 14.9 Å². The third-order valence-electron chi connectivity index (χ3n) is 6.25. The van der Waals surface area contributed by atoms with Crippen molar-refractivity contribution in [3.63, 3.8) is 0 Å². The average Bonchev–Trinajstić information content (AvgIpc) is 2.90. The Labute approximate surface area is 240 Å². The van der Waals surface area contributed by atoms with E-state index in [1.165, 1.54) is 30.3 Å². The van der Waals surface area contributed by atoms with Crippen molar-refractivity contribution in [1.29, 1.82) is 0 Å². The van der Waals surface area contributed by atoms with Gasteiger partial charge in [0.2, 0.25) is 0 Å². The van der Waals surface area contributed by atoms with E-state index in [0.29, 0.717) is 26.1 Å². The molecule has 3 aromatic rings. The molecule has 2 heterocycles. The number of ether oxygens (including phenoxy) is 1. The minimum absolute atomic E-state index is 0.0148. The number of nitrogens with zero attached hydrogens (tertiary/aromatic N) is 3. The van der Waals surface area contributed by atoms with Gasteiger partial charge in [0.25, 0.3) is 0 Å². The highest BCUT2D eigenvalue weighted by atomic mass is 19.4. The second-order valence-corrected chi connectivity index (χ2v) is 9.74. The first kappa shape index (κ1) is 33.2. The van der Waals surface area contributed by atoms with Crippen molar-refractivity contribution in [3.05, 3.63) is 76.9 Å². The van der Waals surface area contributed by atoms with Crippen molar-refractivity contribution in [1.82, 2.24) is 14.9 Å². The maximum atomic E-state index is 14.9. The van der Waals surface area contributed by atoms with Gasteiger partial charge in [0, 0.05) is 55.9 Å². The lowest BCUT2D eigenvalue weighted by Crippen LogP contribution is -2.35. The summed E-state index contributed by atoms with van der Waals surface area (Å²) in [4.78, 5) is 30.8. The standard InChI is InChI=1S/C26H25F4N3O3.C2HF3O2/c1-16(10-24(34)35)13-33-9-8-23-18(14-33)12-31-25(32-23)20-7-6-19(11-22(20)27)36-15-17-4-2-3-5-21(17)26(28,29)30;3-2(4,5)1(6)7/h2-7,11-12,16H,8-10,13-15H2,1H3,(H,34,35);(H,6,7). The topological polar surface area (TPSA) is 113 Å². The summed E-state index contributed by atoms with van der Waals surface area (Å²) in [5.41, 5.74) is 1.05. The van der Waals surface area contributed by atoms with Crippen LogP contribution < -0.4 is 4.74 Å². The normalized spacial score (nSPS) is 14.2. The summed E-state index contributed by atoms with van der Waals surface area (Å²) >= 11 is 0. The van der Waals surface area contributed by atoms with E-state index in [1.807, 2.05) is 6.92 Å². The first-order valence-corrected chi connectivity index (χ1v) is 12.7. The van der Waals surface area contributed by atoms with Gasteiger partial charge in [-0.15, -0.1) is 0 Å². The number of hydrogen-bond acceptors (Lipinski definition) is 6. The van der Waals surface area contributed by atoms with E-state index in [9.17, 15) is 35.5 Å². The molecule has 1 aromatic heterocycles. The number of alkyl halides is 6. The predicted molar refractivity (Wildman–Crippen MR) is 137 cm³/mol. The highest BCUT2D eigenvalue weighted by Gasteiger charge is 2.38. The minimum atomic E-state index is -5.08. The van der Waals surface area contributed by atoms with Gasteiger partial charge in [-0.25, -0.2) is 19.2 Å². The molecule has 0 radical (unpaired) electrons. The molecule has 4 rings (SSSR count). The molecule has 43 heavy (non-hydrogen) atoms. The SMILES string of the molecule is CC(CC(=O)O)CN1CCc2nc(-c3ccc(OCc4ccccc4C(F)(F)F)cc3F)ncc2C1.O=C(O)C(F)(F)F. The van der Waals surface area contributed by atoms with E-state index in [-0.39, 0.29) is 41.6 Å². The molecule has 0 spiro atoms. The van der Waals surface area contributed by atoms with Crippen molar-refractivity contribution >= 4 is 11.9 Å². The molecule has 0 amide bonds. The molecule has 0 bridgehead atoms. The molecule has 15 heteroatoms. The zero-order chi connectivity index (χ0) is 31.9. The third-order valence-corrected chi connectivity index (χ3v) is 6.25. The summed E-state index contributed by atoms with van der Waals surface area (Å²) in [6.07, 6.45) is -7.20. The summed E-state index contributed by atoms with van der Waals surface area (Å²) in [7, 11) is 0. The fourth-order valence-corrected chi connectivity index (χ4v) is 4.31. The van der Waals surface area contributed by atoms with Gasteiger partial charge in [-0.1, -0.05) is 25.1 Å². The summed E-state index contributed by atoms with van der Waals surface area (Å²) in [6.45, 7) is 3.49. The number of hydrogen-bond donors (Lipinski definition) is 2. The van der Waals surface area contributed by atoms with Gasteiger partial charge >= 0.3 is 24.3 Å². The van der Waals surface area contributed by atoms with E-state index in [4.69, 9.17) is 19.7 Å². The molecule has 2 N–H and O–H groups in total. The average molecular weight is 618 g/mol. The highest BCUT2D eigenvalue weighted by Crippen LogP contribution is 2.33. The second kappa shape index (κ2) is 13.8. The highest BCUT2D eigenvalue weighted by molar-refractivity contribution is 5.73. The quantitative estimate of drug-likeness (QED) is 0.297. The molecular formula is C28H26F7N3O5. The van der Waals surface area contributed by atoms with Crippen LogP contribution in [-0.2, 0) is 35.3 Å². The van der Waals surface area contributed by atoms with Crippen LogP contribution in [0, 0.1) is 11.7 Å². The Morgan fingerprint density at radius 1 is 1.07 bits per heavy atom. The number of carboxylic acids is 2. The molecule has 1 aliphatic rings. The molecular weight excluding hydrogens is 591 g/mol. The summed E-state index contributed by atoms with van der Waals surface area (Å²) in [6, 6.07) is 9.12. The molecule has 0 fully saturated rings. The van der Waals surface area contributed by atoms with Crippen LogP contribution in [0.2, 0.25) is 0 Å². The van der Waals surface area contributed by atoms with Gasteiger partial charge < -0.3 is 14.9 Å². The number of carbonyl (C=O) groups is 2. The lowest BCUT2D eigenvalue weighted by Gasteiger charge is -2.29. The molecule has 1 unspecified atom stereocenters. The van der Waals surface area contributed by atoms with Crippen LogP contribution in [0.5, 0.6) is 5.75 Å². The largest absolute Gasteiger partial charge is 0.490 e. The molecule has 1 aliphatic heterocycles. The monoisotopic (exact) mass is 617 g/mol. The molecule has 0 aliphatic carbocycles. The Balaban J connectivity index is 0.000000646. The number of carboxylic acid groups (broad SMARTS) is 2. The first-order chi connectivity index (χ1) is 20.0. The van der Waals surface area contributed by atoms with Crippen LogP contribution in [0.15, 0.2) is 48.7 Å². The van der Waals surface area contributed by atoms with Crippen molar-refractivity contribution in [2.45, 2.75) is 45.3 Å². The molecule has 0 saturated heterocycles. The summed E-state index contributed by atoms with van der Waals surface area (Å²) in [5, 5.41) is 16.1. The maximum absolute atomic E-state index is 14.9. The fourth-order valence-electron chi connectivity index (χ4n) is 4.31. The van der Waals surface area contributed by atoms with Crippen molar-refractivity contribution in [2.24, 2.45) is 5.92 Å². The Morgan fingerprint density at radius 3 is 2.35 bits per heavy atom. The van der Waals surface area contributed by atoms with Crippen molar-refractivity contribution in [2.75, 3.05) is 13.1 Å². The third kappa shape index (κ3) is 9.63. The van der Waals surface area contributed by atoms with Gasteiger partial charge in [-0.2, -0.15) is 26.3 Å². The summed E-state index contributed by atoms with van der Waals surface area (Å²) < 4.78 is 91.5. The van der Waals surface area contributed by atoms with E-state index < -0.39 is 35.7 Å². The fraction of sp³-hybridized carbons (Fsp3) is 0.357. The number of halogens is 7. The van der Waals surface area contributed by atoms with Crippen LogP contribution in [-0.4, -0.2) is 56.3 Å². The van der Waals surface area contributed by atoms with Crippen LogP contribution in [0.25, 0.3) is 11.4 Å². The molecule has 232 valence electrons. The lowest BCUT2D eigenvalue weighted by atomic mass is 10.0.